The molecule has 0 saturated heterocycles. The number of hydrogen-bond donors (Lipinski definition) is 3. The van der Waals surface area contributed by atoms with Gasteiger partial charge in [-0.1, -0.05) is 23.7 Å². The molecule has 0 spiro atoms. The van der Waals surface area contributed by atoms with Gasteiger partial charge < -0.3 is 10.4 Å². The van der Waals surface area contributed by atoms with Crippen LogP contribution in [0, 0.1) is 11.5 Å². The second-order valence-electron chi connectivity index (χ2n) is 3.26. The fraction of sp³-hybridized carbons (Fsp3) is 0.273. The Morgan fingerprint density at radius 3 is 2.71 bits per heavy atom. The summed E-state index contributed by atoms with van der Waals surface area (Å²) in [7, 11) is 1.54. The lowest BCUT2D eigenvalue weighted by atomic mass is 10.1. The Hall–Kier alpha value is -1.77. The number of aliphatic hydroxyl groups is 1. The summed E-state index contributed by atoms with van der Waals surface area (Å²) in [5.74, 6) is 0.320. The lowest BCUT2D eigenvalue weighted by molar-refractivity contribution is 0.181. The topological polar surface area (TPSA) is 80.4 Å². The Morgan fingerprint density at radius 2 is 2.18 bits per heavy atom. The minimum Gasteiger partial charge on any atom is -0.387 e. The number of halogens is 1. The second-order valence-corrected chi connectivity index (χ2v) is 3.69. The first-order valence-electron chi connectivity index (χ1n) is 4.96. The molecule has 6 heteroatoms. The van der Waals surface area contributed by atoms with Gasteiger partial charge in [0.1, 0.15) is 0 Å². The zero-order valence-corrected chi connectivity index (χ0v) is 10.1. The van der Waals surface area contributed by atoms with Crippen molar-refractivity contribution in [2.24, 2.45) is 4.99 Å². The number of aliphatic imine (C=N–C) groups is 1. The molecule has 0 bridgehead atoms. The molecule has 0 aliphatic rings. The Labute approximate surface area is 105 Å². The molecule has 3 N–H and O–H groups in total. The molecule has 90 valence electrons. The van der Waals surface area contributed by atoms with Crippen molar-refractivity contribution in [2.75, 3.05) is 13.6 Å². The van der Waals surface area contributed by atoms with Gasteiger partial charge in [-0.2, -0.15) is 5.26 Å². The molecule has 0 aromatic heterocycles. The normalized spacial score (nSPS) is 12.7. The Balaban J connectivity index is 2.52. The van der Waals surface area contributed by atoms with Crippen LogP contribution in [0.25, 0.3) is 0 Å². The van der Waals surface area contributed by atoms with Crippen molar-refractivity contribution in [3.8, 4) is 6.19 Å². The predicted octanol–water partition coefficient (Wildman–Crippen LogP) is 1.02. The van der Waals surface area contributed by atoms with Crippen LogP contribution in [0.2, 0.25) is 5.02 Å². The van der Waals surface area contributed by atoms with Crippen molar-refractivity contribution in [1.82, 2.24) is 10.6 Å². The summed E-state index contributed by atoms with van der Waals surface area (Å²) in [4.78, 5) is 3.80. The molecule has 1 unspecified atom stereocenters. The van der Waals surface area contributed by atoms with Gasteiger partial charge in [0.15, 0.2) is 6.19 Å². The minimum atomic E-state index is -0.690. The van der Waals surface area contributed by atoms with Crippen molar-refractivity contribution in [2.45, 2.75) is 6.10 Å². The first-order valence-corrected chi connectivity index (χ1v) is 5.34. The van der Waals surface area contributed by atoms with Crippen molar-refractivity contribution in [3.05, 3.63) is 34.9 Å². The third kappa shape index (κ3) is 4.31. The molecule has 0 amide bonds. The summed E-state index contributed by atoms with van der Waals surface area (Å²) in [6.07, 6.45) is 1.06. The number of aliphatic hydroxyl groups excluding tert-OH is 1. The maximum atomic E-state index is 9.85. The molecule has 0 fully saturated rings. The van der Waals surface area contributed by atoms with Crippen LogP contribution in [0.4, 0.5) is 0 Å². The summed E-state index contributed by atoms with van der Waals surface area (Å²) in [6.45, 7) is 0.253. The van der Waals surface area contributed by atoms with E-state index >= 15 is 0 Å². The van der Waals surface area contributed by atoms with E-state index in [0.717, 1.165) is 5.56 Å². The number of nitrogens with one attached hydrogen (secondary N) is 2. The fourth-order valence-corrected chi connectivity index (χ4v) is 1.35. The van der Waals surface area contributed by atoms with E-state index < -0.39 is 6.10 Å². The van der Waals surface area contributed by atoms with Gasteiger partial charge in [0.25, 0.3) is 0 Å². The van der Waals surface area contributed by atoms with Crippen LogP contribution in [-0.4, -0.2) is 24.7 Å². The molecule has 0 heterocycles. The van der Waals surface area contributed by atoms with Gasteiger partial charge in [-0.05, 0) is 17.7 Å². The molecular weight excluding hydrogens is 240 g/mol. The SMILES string of the molecule is CN=C(NC#N)NCC(O)c1ccc(Cl)cc1. The van der Waals surface area contributed by atoms with E-state index in [1.807, 2.05) is 0 Å². The van der Waals surface area contributed by atoms with E-state index in [1.54, 1.807) is 37.5 Å². The molecule has 5 nitrogen and oxygen atoms in total. The molecule has 0 aliphatic heterocycles. The molecule has 1 aromatic rings. The molecule has 1 atom stereocenters. The second kappa shape index (κ2) is 6.74. The highest BCUT2D eigenvalue weighted by Gasteiger charge is 2.07. The maximum absolute atomic E-state index is 9.85. The number of nitrogens with zero attached hydrogens (tertiary/aromatic N) is 2. The number of rotatable bonds is 3. The van der Waals surface area contributed by atoms with Gasteiger partial charge in [-0.3, -0.25) is 10.3 Å². The smallest absolute Gasteiger partial charge is 0.204 e. The Morgan fingerprint density at radius 1 is 1.53 bits per heavy atom. The van der Waals surface area contributed by atoms with Crippen LogP contribution >= 0.6 is 11.6 Å². The molecule has 1 rings (SSSR count). The predicted molar refractivity (Wildman–Crippen MR) is 66.5 cm³/mol. The van der Waals surface area contributed by atoms with Crippen molar-refractivity contribution >= 4 is 17.6 Å². The van der Waals surface area contributed by atoms with E-state index in [2.05, 4.69) is 15.6 Å². The van der Waals surface area contributed by atoms with Crippen LogP contribution in [0.3, 0.4) is 0 Å². The summed E-state index contributed by atoms with van der Waals surface area (Å²) >= 11 is 5.75. The van der Waals surface area contributed by atoms with Gasteiger partial charge in [-0.25, -0.2) is 0 Å². The van der Waals surface area contributed by atoms with Crippen LogP contribution in [0.15, 0.2) is 29.3 Å². The third-order valence-electron chi connectivity index (χ3n) is 2.12. The average molecular weight is 253 g/mol. The highest BCUT2D eigenvalue weighted by Crippen LogP contribution is 2.15. The number of benzene rings is 1. The number of hydrogen-bond acceptors (Lipinski definition) is 3. The average Bonchev–Trinajstić information content (AvgIpc) is 2.35. The van der Waals surface area contributed by atoms with E-state index in [0.29, 0.717) is 11.0 Å². The minimum absolute atomic E-state index is 0.253. The first kappa shape index (κ1) is 13.3. The Kier molecular flexibility index (Phi) is 5.27. The quantitative estimate of drug-likeness (QED) is 0.325. The first-order chi connectivity index (χ1) is 8.17. The van der Waals surface area contributed by atoms with Gasteiger partial charge in [0, 0.05) is 18.6 Å². The molecule has 0 saturated carbocycles. The zero-order chi connectivity index (χ0) is 12.7. The fourth-order valence-electron chi connectivity index (χ4n) is 1.23. The van der Waals surface area contributed by atoms with Gasteiger partial charge in [-0.15, -0.1) is 0 Å². The van der Waals surface area contributed by atoms with Crippen molar-refractivity contribution < 1.29 is 5.11 Å². The number of guanidine groups is 1. The third-order valence-corrected chi connectivity index (χ3v) is 2.37. The zero-order valence-electron chi connectivity index (χ0n) is 9.31. The van der Waals surface area contributed by atoms with Gasteiger partial charge in [0.05, 0.1) is 6.10 Å². The molecule has 0 aliphatic carbocycles. The van der Waals surface area contributed by atoms with E-state index in [9.17, 15) is 5.11 Å². The largest absolute Gasteiger partial charge is 0.387 e. The van der Waals surface area contributed by atoms with Crippen LogP contribution in [0.5, 0.6) is 0 Å². The van der Waals surface area contributed by atoms with E-state index in [1.165, 1.54) is 0 Å². The standard InChI is InChI=1S/C11H13ClN4O/c1-14-11(16-7-13)15-6-10(17)8-2-4-9(12)5-3-8/h2-5,10,17H,6H2,1H3,(H2,14,15,16). The number of nitriles is 1. The maximum Gasteiger partial charge on any atom is 0.204 e. The van der Waals surface area contributed by atoms with Crippen LogP contribution in [-0.2, 0) is 0 Å². The van der Waals surface area contributed by atoms with E-state index in [4.69, 9.17) is 16.9 Å². The van der Waals surface area contributed by atoms with Crippen LogP contribution in [0.1, 0.15) is 11.7 Å². The lowest BCUT2D eigenvalue weighted by Crippen LogP contribution is -2.36. The van der Waals surface area contributed by atoms with Gasteiger partial charge in [0.2, 0.25) is 5.96 Å². The molecule has 1 aromatic carbocycles. The molecule has 17 heavy (non-hydrogen) atoms. The highest BCUT2D eigenvalue weighted by atomic mass is 35.5. The summed E-state index contributed by atoms with van der Waals surface area (Å²) in [5, 5.41) is 24.1. The lowest BCUT2D eigenvalue weighted by Gasteiger charge is -2.13. The summed E-state index contributed by atoms with van der Waals surface area (Å²) in [5.41, 5.74) is 0.745. The van der Waals surface area contributed by atoms with Gasteiger partial charge >= 0.3 is 0 Å². The van der Waals surface area contributed by atoms with E-state index in [-0.39, 0.29) is 6.54 Å². The van der Waals surface area contributed by atoms with Crippen molar-refractivity contribution in [3.63, 3.8) is 0 Å². The Bertz CT molecular complexity index is 424. The monoisotopic (exact) mass is 252 g/mol. The molecule has 0 radical (unpaired) electrons. The molecular formula is C11H13ClN4O. The summed E-state index contributed by atoms with van der Waals surface area (Å²) in [6, 6.07) is 6.91. The van der Waals surface area contributed by atoms with Crippen LogP contribution < -0.4 is 10.6 Å². The van der Waals surface area contributed by atoms with Crippen molar-refractivity contribution in [1.29, 1.82) is 5.26 Å². The summed E-state index contributed by atoms with van der Waals surface area (Å²) < 4.78 is 0. The highest BCUT2D eigenvalue weighted by molar-refractivity contribution is 6.30.